The Bertz CT molecular complexity index is 406. The standard InChI is InChI=1S/C16H29N3O/c1-5-15-12-16(19(17-15)13(2)3)14-6-8-18(9-7-14)10-11-20-4/h12-14H,5-11H2,1-4H3. The molecular weight excluding hydrogens is 250 g/mol. The highest BCUT2D eigenvalue weighted by Crippen LogP contribution is 2.30. The van der Waals surface area contributed by atoms with Crippen LogP contribution in [0.4, 0.5) is 0 Å². The third kappa shape index (κ3) is 3.61. The van der Waals surface area contributed by atoms with Crippen LogP contribution in [0.2, 0.25) is 0 Å². The van der Waals surface area contributed by atoms with Crippen molar-refractivity contribution in [3.63, 3.8) is 0 Å². The zero-order valence-corrected chi connectivity index (χ0v) is 13.4. The molecule has 4 heteroatoms. The van der Waals surface area contributed by atoms with E-state index in [1.807, 2.05) is 0 Å². The normalized spacial score (nSPS) is 18.1. The third-order valence-electron chi connectivity index (χ3n) is 4.28. The Labute approximate surface area is 123 Å². The summed E-state index contributed by atoms with van der Waals surface area (Å²) in [5.74, 6) is 0.670. The Hall–Kier alpha value is -0.870. The average molecular weight is 279 g/mol. The van der Waals surface area contributed by atoms with E-state index in [-0.39, 0.29) is 0 Å². The minimum Gasteiger partial charge on any atom is -0.383 e. The molecule has 0 unspecified atom stereocenters. The van der Waals surface area contributed by atoms with Crippen molar-refractivity contribution in [2.45, 2.75) is 52.0 Å². The lowest BCUT2D eigenvalue weighted by Crippen LogP contribution is -2.35. The first-order valence-corrected chi connectivity index (χ1v) is 7.95. The van der Waals surface area contributed by atoms with Crippen LogP contribution < -0.4 is 0 Å². The van der Waals surface area contributed by atoms with Gasteiger partial charge in [0.2, 0.25) is 0 Å². The largest absolute Gasteiger partial charge is 0.383 e. The molecule has 0 radical (unpaired) electrons. The molecule has 0 aromatic carbocycles. The summed E-state index contributed by atoms with van der Waals surface area (Å²) in [5, 5.41) is 4.76. The van der Waals surface area contributed by atoms with E-state index in [0.29, 0.717) is 12.0 Å². The minimum absolute atomic E-state index is 0.455. The number of hydrogen-bond donors (Lipinski definition) is 0. The van der Waals surface area contributed by atoms with Crippen LogP contribution in [0.25, 0.3) is 0 Å². The summed E-state index contributed by atoms with van der Waals surface area (Å²) in [6.07, 6.45) is 3.51. The Balaban J connectivity index is 2.01. The maximum absolute atomic E-state index is 5.17. The molecule has 0 amide bonds. The van der Waals surface area contributed by atoms with Crippen molar-refractivity contribution >= 4 is 0 Å². The summed E-state index contributed by atoms with van der Waals surface area (Å²) in [4.78, 5) is 2.51. The monoisotopic (exact) mass is 279 g/mol. The Morgan fingerprint density at radius 3 is 2.60 bits per heavy atom. The van der Waals surface area contributed by atoms with Gasteiger partial charge in [0.05, 0.1) is 12.3 Å². The fraction of sp³-hybridized carbons (Fsp3) is 0.812. The van der Waals surface area contributed by atoms with Crippen LogP contribution in [0.15, 0.2) is 6.07 Å². The molecule has 0 aliphatic carbocycles. The molecule has 0 bridgehead atoms. The van der Waals surface area contributed by atoms with Crippen molar-refractivity contribution in [3.8, 4) is 0 Å². The predicted molar refractivity (Wildman–Crippen MR) is 82.3 cm³/mol. The Morgan fingerprint density at radius 1 is 1.35 bits per heavy atom. The van der Waals surface area contributed by atoms with Gasteiger partial charge in [0.25, 0.3) is 0 Å². The van der Waals surface area contributed by atoms with E-state index in [2.05, 4.69) is 36.4 Å². The molecular formula is C16H29N3O. The number of aromatic nitrogens is 2. The molecule has 0 spiro atoms. The predicted octanol–water partition coefficient (Wildman–Crippen LogP) is 2.85. The van der Waals surface area contributed by atoms with E-state index >= 15 is 0 Å². The molecule has 1 saturated heterocycles. The van der Waals surface area contributed by atoms with E-state index in [1.54, 1.807) is 7.11 Å². The van der Waals surface area contributed by atoms with Crippen molar-refractivity contribution in [2.24, 2.45) is 0 Å². The van der Waals surface area contributed by atoms with Gasteiger partial charge >= 0.3 is 0 Å². The van der Waals surface area contributed by atoms with E-state index in [0.717, 1.165) is 19.6 Å². The molecule has 0 atom stereocenters. The number of methoxy groups -OCH3 is 1. The topological polar surface area (TPSA) is 30.3 Å². The number of rotatable bonds is 6. The van der Waals surface area contributed by atoms with Crippen molar-refractivity contribution in [1.29, 1.82) is 0 Å². The second kappa shape index (κ2) is 7.23. The summed E-state index contributed by atoms with van der Waals surface area (Å²) >= 11 is 0. The van der Waals surface area contributed by atoms with Crippen LogP contribution in [-0.4, -0.2) is 48.0 Å². The van der Waals surface area contributed by atoms with Gasteiger partial charge in [0, 0.05) is 31.3 Å². The van der Waals surface area contributed by atoms with E-state index in [9.17, 15) is 0 Å². The lowest BCUT2D eigenvalue weighted by atomic mass is 9.93. The van der Waals surface area contributed by atoms with Crippen LogP contribution in [0, 0.1) is 0 Å². The van der Waals surface area contributed by atoms with E-state index < -0.39 is 0 Å². The third-order valence-corrected chi connectivity index (χ3v) is 4.28. The van der Waals surface area contributed by atoms with Crippen LogP contribution in [0.3, 0.4) is 0 Å². The maximum atomic E-state index is 5.17. The summed E-state index contributed by atoms with van der Waals surface area (Å²) in [5.41, 5.74) is 2.68. The van der Waals surface area contributed by atoms with Crippen molar-refractivity contribution in [1.82, 2.24) is 14.7 Å². The molecule has 0 N–H and O–H groups in total. The van der Waals surface area contributed by atoms with Gasteiger partial charge in [-0.05, 0) is 52.3 Å². The molecule has 2 rings (SSSR count). The number of hydrogen-bond acceptors (Lipinski definition) is 3. The van der Waals surface area contributed by atoms with Crippen molar-refractivity contribution in [2.75, 3.05) is 33.4 Å². The number of piperidine rings is 1. The molecule has 20 heavy (non-hydrogen) atoms. The van der Waals surface area contributed by atoms with E-state index in [4.69, 9.17) is 9.84 Å². The zero-order chi connectivity index (χ0) is 14.5. The van der Waals surface area contributed by atoms with Gasteiger partial charge in [0.1, 0.15) is 0 Å². The number of aryl methyl sites for hydroxylation is 1. The number of ether oxygens (including phenoxy) is 1. The van der Waals surface area contributed by atoms with Crippen LogP contribution >= 0.6 is 0 Å². The van der Waals surface area contributed by atoms with Gasteiger partial charge in [-0.15, -0.1) is 0 Å². The number of nitrogens with zero attached hydrogens (tertiary/aromatic N) is 3. The first-order valence-electron chi connectivity index (χ1n) is 7.95. The van der Waals surface area contributed by atoms with Gasteiger partial charge in [-0.3, -0.25) is 4.68 Å². The molecule has 0 saturated carbocycles. The first kappa shape index (κ1) is 15.5. The second-order valence-corrected chi connectivity index (χ2v) is 6.06. The van der Waals surface area contributed by atoms with E-state index in [1.165, 1.54) is 37.3 Å². The first-order chi connectivity index (χ1) is 9.65. The summed E-state index contributed by atoms with van der Waals surface area (Å²) in [6, 6.07) is 2.78. The smallest absolute Gasteiger partial charge is 0.0625 e. The highest BCUT2D eigenvalue weighted by atomic mass is 16.5. The Kier molecular flexibility index (Phi) is 5.61. The molecule has 1 aromatic rings. The lowest BCUT2D eigenvalue weighted by Gasteiger charge is -2.32. The fourth-order valence-corrected chi connectivity index (χ4v) is 3.03. The van der Waals surface area contributed by atoms with Gasteiger partial charge in [-0.1, -0.05) is 6.92 Å². The van der Waals surface area contributed by atoms with Crippen LogP contribution in [-0.2, 0) is 11.2 Å². The summed E-state index contributed by atoms with van der Waals surface area (Å²) in [6.45, 7) is 10.9. The summed E-state index contributed by atoms with van der Waals surface area (Å²) in [7, 11) is 1.78. The molecule has 4 nitrogen and oxygen atoms in total. The van der Waals surface area contributed by atoms with Gasteiger partial charge in [0.15, 0.2) is 0 Å². The van der Waals surface area contributed by atoms with Gasteiger partial charge < -0.3 is 9.64 Å². The number of likely N-dealkylation sites (tertiary alicyclic amines) is 1. The molecule has 114 valence electrons. The molecule has 1 aliphatic rings. The van der Waals surface area contributed by atoms with Crippen molar-refractivity contribution < 1.29 is 4.74 Å². The van der Waals surface area contributed by atoms with Crippen LogP contribution in [0.5, 0.6) is 0 Å². The van der Waals surface area contributed by atoms with Crippen molar-refractivity contribution in [3.05, 3.63) is 17.5 Å². The summed E-state index contributed by atoms with van der Waals surface area (Å²) < 4.78 is 7.41. The Morgan fingerprint density at radius 2 is 2.05 bits per heavy atom. The molecule has 1 aromatic heterocycles. The van der Waals surface area contributed by atoms with Gasteiger partial charge in [-0.25, -0.2) is 0 Å². The second-order valence-electron chi connectivity index (χ2n) is 6.06. The lowest BCUT2D eigenvalue weighted by molar-refractivity contribution is 0.129. The van der Waals surface area contributed by atoms with Gasteiger partial charge in [-0.2, -0.15) is 5.10 Å². The SMILES string of the molecule is CCc1cc(C2CCN(CCOC)CC2)n(C(C)C)n1. The minimum atomic E-state index is 0.455. The molecule has 1 aliphatic heterocycles. The fourth-order valence-electron chi connectivity index (χ4n) is 3.03. The average Bonchev–Trinajstić information content (AvgIpc) is 2.90. The highest BCUT2D eigenvalue weighted by Gasteiger charge is 2.24. The quantitative estimate of drug-likeness (QED) is 0.802. The van der Waals surface area contributed by atoms with Crippen LogP contribution in [0.1, 0.15) is 57.0 Å². The molecule has 2 heterocycles. The maximum Gasteiger partial charge on any atom is 0.0625 e. The highest BCUT2D eigenvalue weighted by molar-refractivity contribution is 5.16. The molecule has 1 fully saturated rings. The zero-order valence-electron chi connectivity index (χ0n) is 13.4.